The van der Waals surface area contributed by atoms with Crippen molar-refractivity contribution >= 4 is 5.91 Å². The number of piperidine rings is 1. The zero-order valence-electron chi connectivity index (χ0n) is 17.7. The molecule has 3 heterocycles. The Morgan fingerprint density at radius 2 is 1.94 bits per heavy atom. The number of hydrogen-bond donors (Lipinski definition) is 3. The molecule has 0 radical (unpaired) electrons. The summed E-state index contributed by atoms with van der Waals surface area (Å²) in [6.45, 7) is 1.02. The summed E-state index contributed by atoms with van der Waals surface area (Å²) < 4.78 is 67.8. The van der Waals surface area contributed by atoms with E-state index in [0.717, 1.165) is 16.9 Å². The predicted octanol–water partition coefficient (Wildman–Crippen LogP) is 2.83. The van der Waals surface area contributed by atoms with Crippen molar-refractivity contribution in [3.63, 3.8) is 0 Å². The fraction of sp³-hybridized carbons (Fsp3) is 0.500. The second-order valence-electron chi connectivity index (χ2n) is 8.10. The average molecular weight is 474 g/mol. The van der Waals surface area contributed by atoms with E-state index >= 15 is 0 Å². The SMILES string of the molecule is CNN(O)N1CCc2c(C(=O)N3CCC(c4cc(F)cc(F)c4C(F)(F)F)CC3)n[nH]c2C1. The predicted molar refractivity (Wildman–Crippen MR) is 105 cm³/mol. The molecule has 2 aliphatic heterocycles. The zero-order chi connectivity index (χ0) is 23.9. The van der Waals surface area contributed by atoms with Gasteiger partial charge in [0.15, 0.2) is 5.69 Å². The van der Waals surface area contributed by atoms with Crippen LogP contribution in [0.1, 0.15) is 51.6 Å². The number of likely N-dealkylation sites (tertiary alicyclic amines) is 1. The largest absolute Gasteiger partial charge is 0.419 e. The van der Waals surface area contributed by atoms with Gasteiger partial charge in [-0.2, -0.15) is 23.3 Å². The molecule has 0 unspecified atom stereocenters. The number of H-pyrrole nitrogens is 1. The van der Waals surface area contributed by atoms with E-state index in [1.165, 1.54) is 4.90 Å². The van der Waals surface area contributed by atoms with E-state index in [2.05, 4.69) is 15.6 Å². The van der Waals surface area contributed by atoms with Crippen molar-refractivity contribution < 1.29 is 32.0 Å². The third kappa shape index (κ3) is 4.58. The number of alkyl halides is 3. The average Bonchev–Trinajstić information content (AvgIpc) is 3.20. The molecule has 0 bridgehead atoms. The van der Waals surface area contributed by atoms with Gasteiger partial charge in [-0.15, -0.1) is 0 Å². The van der Waals surface area contributed by atoms with Crippen LogP contribution in [0.3, 0.4) is 0 Å². The third-order valence-electron chi connectivity index (χ3n) is 6.17. The fourth-order valence-corrected chi connectivity index (χ4v) is 4.54. The molecule has 0 saturated carbocycles. The van der Waals surface area contributed by atoms with Crippen LogP contribution in [0.25, 0.3) is 0 Å². The third-order valence-corrected chi connectivity index (χ3v) is 6.17. The van der Waals surface area contributed by atoms with Gasteiger partial charge in [-0.25, -0.2) is 14.2 Å². The van der Waals surface area contributed by atoms with Crippen LogP contribution in [0.5, 0.6) is 0 Å². The Morgan fingerprint density at radius 1 is 1.24 bits per heavy atom. The van der Waals surface area contributed by atoms with Gasteiger partial charge in [0.25, 0.3) is 5.91 Å². The Kier molecular flexibility index (Phi) is 6.40. The lowest BCUT2D eigenvalue weighted by Gasteiger charge is -2.34. The molecule has 4 rings (SSSR count). The molecule has 2 aliphatic rings. The maximum absolute atomic E-state index is 14.0. The van der Waals surface area contributed by atoms with Gasteiger partial charge in [0.2, 0.25) is 0 Å². The number of nitrogens with one attached hydrogen (secondary N) is 2. The first kappa shape index (κ1) is 23.5. The van der Waals surface area contributed by atoms with Gasteiger partial charge in [0.05, 0.1) is 17.8 Å². The number of aromatic amines is 1. The molecule has 180 valence electrons. The summed E-state index contributed by atoms with van der Waals surface area (Å²) in [6.07, 6.45) is -4.21. The lowest BCUT2D eigenvalue weighted by molar-refractivity contribution is -0.284. The molecule has 1 aromatic carbocycles. The molecule has 33 heavy (non-hydrogen) atoms. The van der Waals surface area contributed by atoms with Gasteiger partial charge in [0, 0.05) is 38.3 Å². The number of rotatable bonds is 4. The summed E-state index contributed by atoms with van der Waals surface area (Å²) in [6, 6.07) is 0.971. The van der Waals surface area contributed by atoms with E-state index < -0.39 is 34.9 Å². The van der Waals surface area contributed by atoms with Gasteiger partial charge < -0.3 is 4.90 Å². The van der Waals surface area contributed by atoms with Crippen LogP contribution in [0.2, 0.25) is 0 Å². The van der Waals surface area contributed by atoms with Gasteiger partial charge >= 0.3 is 6.18 Å². The number of benzene rings is 1. The van der Waals surface area contributed by atoms with Crippen molar-refractivity contribution in [2.75, 3.05) is 26.7 Å². The van der Waals surface area contributed by atoms with Crippen LogP contribution < -0.4 is 5.43 Å². The number of carbonyl (C=O) groups is 1. The van der Waals surface area contributed by atoms with Gasteiger partial charge in [-0.1, -0.05) is 5.28 Å². The Bertz CT molecular complexity index is 1030. The monoisotopic (exact) mass is 474 g/mol. The normalized spacial score (nSPS) is 18.1. The van der Waals surface area contributed by atoms with Crippen molar-refractivity contribution in [2.45, 2.75) is 37.9 Å². The van der Waals surface area contributed by atoms with Crippen LogP contribution >= 0.6 is 0 Å². The number of nitrogens with zero attached hydrogens (tertiary/aromatic N) is 4. The molecule has 2 aromatic rings. The van der Waals surface area contributed by atoms with E-state index in [9.17, 15) is 32.0 Å². The maximum atomic E-state index is 14.0. The van der Waals surface area contributed by atoms with Crippen molar-refractivity contribution in [3.8, 4) is 0 Å². The first-order valence-corrected chi connectivity index (χ1v) is 10.4. The molecular weight excluding hydrogens is 451 g/mol. The smallest absolute Gasteiger partial charge is 0.337 e. The zero-order valence-corrected chi connectivity index (χ0v) is 17.7. The highest BCUT2D eigenvalue weighted by molar-refractivity contribution is 5.94. The lowest BCUT2D eigenvalue weighted by Crippen LogP contribution is -2.49. The van der Waals surface area contributed by atoms with Crippen LogP contribution in [0.4, 0.5) is 22.0 Å². The molecule has 1 saturated heterocycles. The molecule has 1 fully saturated rings. The number of halogens is 5. The van der Waals surface area contributed by atoms with E-state index in [0.29, 0.717) is 25.2 Å². The highest BCUT2D eigenvalue weighted by Gasteiger charge is 2.40. The van der Waals surface area contributed by atoms with Gasteiger partial charge in [-0.05, 0) is 36.8 Å². The summed E-state index contributed by atoms with van der Waals surface area (Å²) in [5, 5.41) is 19.2. The highest BCUT2D eigenvalue weighted by atomic mass is 19.4. The fourth-order valence-electron chi connectivity index (χ4n) is 4.54. The molecule has 1 amide bonds. The Morgan fingerprint density at radius 3 is 2.58 bits per heavy atom. The summed E-state index contributed by atoms with van der Waals surface area (Å²) >= 11 is 0. The molecule has 0 spiro atoms. The van der Waals surface area contributed by atoms with Crippen LogP contribution in [-0.2, 0) is 19.1 Å². The molecule has 1 aromatic heterocycles. The van der Waals surface area contributed by atoms with Crippen LogP contribution in [0, 0.1) is 11.6 Å². The van der Waals surface area contributed by atoms with Crippen LogP contribution in [0.15, 0.2) is 12.1 Å². The minimum atomic E-state index is -4.94. The maximum Gasteiger partial charge on any atom is 0.419 e. The Hall–Kier alpha value is -2.61. The number of carbonyl (C=O) groups excluding carboxylic acids is 1. The molecule has 3 N–H and O–H groups in total. The quantitative estimate of drug-likeness (QED) is 0.467. The van der Waals surface area contributed by atoms with Crippen molar-refractivity contribution in [2.24, 2.45) is 0 Å². The first-order chi connectivity index (χ1) is 15.6. The summed E-state index contributed by atoms with van der Waals surface area (Å²) in [7, 11) is 1.55. The van der Waals surface area contributed by atoms with E-state index in [4.69, 9.17) is 0 Å². The molecular formula is C20H23F5N6O2. The summed E-state index contributed by atoms with van der Waals surface area (Å²) in [5.41, 5.74) is 2.36. The summed E-state index contributed by atoms with van der Waals surface area (Å²) in [5.74, 6) is -3.77. The topological polar surface area (TPSA) is 87.7 Å². The lowest BCUT2D eigenvalue weighted by atomic mass is 9.85. The molecule has 13 heteroatoms. The number of hydrazine groups is 2. The summed E-state index contributed by atoms with van der Waals surface area (Å²) in [4.78, 5) is 14.5. The van der Waals surface area contributed by atoms with E-state index in [1.54, 1.807) is 12.1 Å². The van der Waals surface area contributed by atoms with Crippen LogP contribution in [-0.4, -0.2) is 63.2 Å². The molecule has 0 aliphatic carbocycles. The minimum absolute atomic E-state index is 0.136. The molecule has 0 atom stereocenters. The van der Waals surface area contributed by atoms with E-state index in [-0.39, 0.29) is 43.6 Å². The van der Waals surface area contributed by atoms with Gasteiger partial charge in [0.1, 0.15) is 11.6 Å². The Labute approximate surface area is 185 Å². The first-order valence-electron chi connectivity index (χ1n) is 10.4. The Balaban J connectivity index is 1.47. The van der Waals surface area contributed by atoms with Crippen molar-refractivity contribution in [1.29, 1.82) is 0 Å². The minimum Gasteiger partial charge on any atom is -0.337 e. The number of hydrogen-bond acceptors (Lipinski definition) is 6. The molecule has 8 nitrogen and oxygen atoms in total. The van der Waals surface area contributed by atoms with Crippen molar-refractivity contribution in [3.05, 3.63) is 51.8 Å². The van der Waals surface area contributed by atoms with E-state index in [1.807, 2.05) is 0 Å². The second-order valence-corrected chi connectivity index (χ2v) is 8.10. The standard InChI is InChI=1S/C20H23F5N6O2/c1-26-31(33)30-7-4-13-16(10-30)27-28-18(13)19(32)29-5-2-11(3-6-29)14-8-12(21)9-15(22)17(14)20(23,24)25/h8-9,11,26,33H,2-7,10H2,1H3,(H,27,28). The number of fused-ring (bicyclic) bond motifs is 1. The highest BCUT2D eigenvalue weighted by Crippen LogP contribution is 2.41. The van der Waals surface area contributed by atoms with Gasteiger partial charge in [-0.3, -0.25) is 15.1 Å². The number of aromatic nitrogens is 2. The second kappa shape index (κ2) is 8.97. The number of amides is 1. The van der Waals surface area contributed by atoms with Crippen molar-refractivity contribution in [1.82, 2.24) is 30.8 Å².